The van der Waals surface area contributed by atoms with E-state index >= 15 is 0 Å². The van der Waals surface area contributed by atoms with Crippen molar-refractivity contribution in [2.45, 2.75) is 64.9 Å². The van der Waals surface area contributed by atoms with Crippen molar-refractivity contribution in [1.82, 2.24) is 0 Å². The summed E-state index contributed by atoms with van der Waals surface area (Å²) in [7, 11) is 0. The molecule has 0 heterocycles. The molecule has 0 aromatic carbocycles. The van der Waals surface area contributed by atoms with Gasteiger partial charge in [0.2, 0.25) is 0 Å². The summed E-state index contributed by atoms with van der Waals surface area (Å²) in [5.41, 5.74) is -0.284. The predicted octanol–water partition coefficient (Wildman–Crippen LogP) is 4.15. The molecule has 0 saturated heterocycles. The van der Waals surface area contributed by atoms with E-state index in [1.807, 2.05) is 13.8 Å². The molecule has 3 unspecified atom stereocenters. The van der Waals surface area contributed by atoms with Crippen LogP contribution in [0.5, 0.6) is 0 Å². The summed E-state index contributed by atoms with van der Waals surface area (Å²) in [5.74, 6) is 1.05. The number of rotatable bonds is 5. The molecule has 0 aromatic heterocycles. The first-order chi connectivity index (χ1) is 8.03. The summed E-state index contributed by atoms with van der Waals surface area (Å²) in [5, 5.41) is 0. The summed E-state index contributed by atoms with van der Waals surface area (Å²) >= 11 is 5.85. The minimum absolute atomic E-state index is 0.00500. The third-order valence-corrected chi connectivity index (χ3v) is 4.36. The molecule has 1 aliphatic carbocycles. The number of alkyl halides is 1. The van der Waals surface area contributed by atoms with Crippen LogP contribution in [0.15, 0.2) is 0 Å². The van der Waals surface area contributed by atoms with Crippen LogP contribution >= 0.6 is 11.6 Å². The molecule has 0 amide bonds. The number of ether oxygens (including phenoxy) is 1. The lowest BCUT2D eigenvalue weighted by Crippen LogP contribution is -2.43. The van der Waals surface area contributed by atoms with Gasteiger partial charge in [0.25, 0.3) is 0 Å². The molecule has 0 aliphatic heterocycles. The number of hydrogen-bond donors (Lipinski definition) is 0. The Morgan fingerprint density at radius 1 is 1.53 bits per heavy atom. The van der Waals surface area contributed by atoms with Crippen LogP contribution in [0.4, 0.5) is 0 Å². The zero-order valence-electron chi connectivity index (χ0n) is 11.3. The van der Waals surface area contributed by atoms with Gasteiger partial charge in [0.05, 0.1) is 5.92 Å². The quantitative estimate of drug-likeness (QED) is 0.548. The van der Waals surface area contributed by atoms with Gasteiger partial charge >= 0.3 is 5.97 Å². The Balaban J connectivity index is 2.65. The maximum atomic E-state index is 11.9. The predicted molar refractivity (Wildman–Crippen MR) is 71.2 cm³/mol. The second-order valence-corrected chi connectivity index (χ2v) is 5.84. The highest BCUT2D eigenvalue weighted by Crippen LogP contribution is 2.39. The minimum atomic E-state index is -0.284. The number of carbonyl (C=O) groups is 1. The molecule has 0 N–H and O–H groups in total. The lowest BCUT2D eigenvalue weighted by Gasteiger charge is -2.41. The summed E-state index contributed by atoms with van der Waals surface area (Å²) < 4.78 is 5.80. The van der Waals surface area contributed by atoms with E-state index in [1.165, 1.54) is 6.42 Å². The molecule has 100 valence electrons. The van der Waals surface area contributed by atoms with Crippen LogP contribution in [0.3, 0.4) is 0 Å². The van der Waals surface area contributed by atoms with Gasteiger partial charge in [-0.1, -0.05) is 20.3 Å². The molecule has 1 fully saturated rings. The highest BCUT2D eigenvalue weighted by atomic mass is 35.5. The molecule has 1 rings (SSSR count). The molecule has 2 nitrogen and oxygen atoms in total. The van der Waals surface area contributed by atoms with Crippen molar-refractivity contribution in [2.24, 2.45) is 11.8 Å². The van der Waals surface area contributed by atoms with Crippen molar-refractivity contribution in [3.8, 4) is 0 Å². The fourth-order valence-corrected chi connectivity index (χ4v) is 2.85. The summed E-state index contributed by atoms with van der Waals surface area (Å²) in [6.45, 7) is 6.04. The molecule has 0 radical (unpaired) electrons. The topological polar surface area (TPSA) is 26.3 Å². The highest BCUT2D eigenvalue weighted by molar-refractivity contribution is 6.17. The molecule has 0 spiro atoms. The maximum Gasteiger partial charge on any atom is 0.309 e. The first-order valence-electron chi connectivity index (χ1n) is 6.82. The monoisotopic (exact) mass is 260 g/mol. The first kappa shape index (κ1) is 14.8. The molecule has 17 heavy (non-hydrogen) atoms. The Kier molecular flexibility index (Phi) is 5.78. The highest BCUT2D eigenvalue weighted by Gasteiger charge is 2.39. The number of hydrogen-bond acceptors (Lipinski definition) is 2. The average molecular weight is 261 g/mol. The third kappa shape index (κ3) is 3.87. The van der Waals surface area contributed by atoms with Crippen molar-refractivity contribution in [2.75, 3.05) is 5.88 Å². The van der Waals surface area contributed by atoms with Crippen LogP contribution in [0, 0.1) is 11.8 Å². The Morgan fingerprint density at radius 2 is 2.24 bits per heavy atom. The zero-order chi connectivity index (χ0) is 12.9. The lowest BCUT2D eigenvalue weighted by atomic mass is 9.75. The number of esters is 1. The lowest BCUT2D eigenvalue weighted by molar-refractivity contribution is -0.172. The van der Waals surface area contributed by atoms with E-state index in [0.717, 1.165) is 32.1 Å². The van der Waals surface area contributed by atoms with E-state index < -0.39 is 0 Å². The van der Waals surface area contributed by atoms with Crippen LogP contribution in [0.2, 0.25) is 0 Å². The van der Waals surface area contributed by atoms with Gasteiger partial charge in [-0.05, 0) is 44.9 Å². The molecule has 0 bridgehead atoms. The van der Waals surface area contributed by atoms with Crippen molar-refractivity contribution in [3.63, 3.8) is 0 Å². The van der Waals surface area contributed by atoms with Crippen LogP contribution in [0.25, 0.3) is 0 Å². The van der Waals surface area contributed by atoms with E-state index in [1.54, 1.807) is 0 Å². The second kappa shape index (κ2) is 6.63. The normalized spacial score (nSPS) is 30.9. The van der Waals surface area contributed by atoms with E-state index in [0.29, 0.717) is 11.8 Å². The SMILES string of the molecule is CCC(C)C(=O)OC1(C)CCCCC1CCCl. The summed E-state index contributed by atoms with van der Waals surface area (Å²) in [6.07, 6.45) is 6.30. The van der Waals surface area contributed by atoms with Gasteiger partial charge in [0.15, 0.2) is 0 Å². The molecular formula is C14H25ClO2. The number of carbonyl (C=O) groups excluding carboxylic acids is 1. The van der Waals surface area contributed by atoms with Crippen LogP contribution in [-0.2, 0) is 9.53 Å². The van der Waals surface area contributed by atoms with Crippen molar-refractivity contribution in [3.05, 3.63) is 0 Å². The molecule has 3 atom stereocenters. The van der Waals surface area contributed by atoms with Gasteiger partial charge in [0.1, 0.15) is 5.60 Å². The molecule has 0 aromatic rings. The van der Waals surface area contributed by atoms with Crippen molar-refractivity contribution < 1.29 is 9.53 Å². The number of halogens is 1. The fourth-order valence-electron chi connectivity index (χ4n) is 2.59. The van der Waals surface area contributed by atoms with E-state index in [-0.39, 0.29) is 17.5 Å². The van der Waals surface area contributed by atoms with Gasteiger partial charge < -0.3 is 4.74 Å². The summed E-state index contributed by atoms with van der Waals surface area (Å²) in [4.78, 5) is 11.9. The van der Waals surface area contributed by atoms with Crippen molar-refractivity contribution >= 4 is 17.6 Å². The maximum absolute atomic E-state index is 11.9. The van der Waals surface area contributed by atoms with E-state index in [4.69, 9.17) is 16.3 Å². The fraction of sp³-hybridized carbons (Fsp3) is 0.929. The molecule has 1 saturated carbocycles. The Labute approximate surface area is 110 Å². The Morgan fingerprint density at radius 3 is 2.82 bits per heavy atom. The van der Waals surface area contributed by atoms with Crippen molar-refractivity contribution in [1.29, 1.82) is 0 Å². The zero-order valence-corrected chi connectivity index (χ0v) is 12.1. The smallest absolute Gasteiger partial charge is 0.309 e. The van der Waals surface area contributed by atoms with Crippen LogP contribution in [-0.4, -0.2) is 17.5 Å². The molecular weight excluding hydrogens is 236 g/mol. The average Bonchev–Trinajstić information content (AvgIpc) is 2.31. The van der Waals surface area contributed by atoms with E-state index in [2.05, 4.69) is 6.92 Å². The largest absolute Gasteiger partial charge is 0.459 e. The standard InChI is InChI=1S/C14H25ClO2/c1-4-11(2)13(16)17-14(3)9-6-5-7-12(14)8-10-15/h11-12H,4-10H2,1-3H3. The van der Waals surface area contributed by atoms with Gasteiger partial charge in [0, 0.05) is 5.88 Å². The first-order valence-corrected chi connectivity index (χ1v) is 7.35. The Hall–Kier alpha value is -0.240. The second-order valence-electron chi connectivity index (χ2n) is 5.46. The van der Waals surface area contributed by atoms with Gasteiger partial charge in [-0.3, -0.25) is 4.79 Å². The van der Waals surface area contributed by atoms with Gasteiger partial charge in [-0.2, -0.15) is 0 Å². The molecule has 3 heteroatoms. The summed E-state index contributed by atoms with van der Waals surface area (Å²) in [6, 6.07) is 0. The van der Waals surface area contributed by atoms with E-state index in [9.17, 15) is 4.79 Å². The van der Waals surface area contributed by atoms with Gasteiger partial charge in [-0.25, -0.2) is 0 Å². The van der Waals surface area contributed by atoms with Crippen LogP contribution in [0.1, 0.15) is 59.3 Å². The third-order valence-electron chi connectivity index (χ3n) is 4.15. The molecule has 1 aliphatic rings. The Bertz CT molecular complexity index is 253. The van der Waals surface area contributed by atoms with Crippen LogP contribution < -0.4 is 0 Å². The van der Waals surface area contributed by atoms with Gasteiger partial charge in [-0.15, -0.1) is 11.6 Å². The minimum Gasteiger partial charge on any atom is -0.459 e.